The van der Waals surface area contributed by atoms with Gasteiger partial charge < -0.3 is 15.2 Å². The summed E-state index contributed by atoms with van der Waals surface area (Å²) >= 11 is 0. The van der Waals surface area contributed by atoms with Gasteiger partial charge in [-0.2, -0.15) is 0 Å². The number of unbranched alkanes of at least 4 members (excludes halogenated alkanes) is 20. The summed E-state index contributed by atoms with van der Waals surface area (Å²) in [6.07, 6.45) is 30.3. The molecule has 0 radical (unpaired) electrons. The zero-order chi connectivity index (χ0) is 28.4. The van der Waals surface area contributed by atoms with Crippen molar-refractivity contribution in [3.8, 4) is 0 Å². The Morgan fingerprint density at radius 3 is 1.08 bits per heavy atom. The van der Waals surface area contributed by atoms with Crippen LogP contribution in [-0.2, 0) is 19.1 Å². The molecule has 5 heteroatoms. The fourth-order valence-corrected chi connectivity index (χ4v) is 5.81. The molecule has 0 aliphatic heterocycles. The Morgan fingerprint density at radius 2 is 0.769 bits per heavy atom. The number of carbonyl (C=O) groups excluding carboxylic acids is 2. The standard InChI is InChI=1S/C34H65NO4/c1-3-5-7-9-11-13-15-17-19-21-23-25-33(36)38-31-27-30(35)28-32(29-31)39-34(37)26-24-22-20-18-16-14-12-10-8-6-4-2/h30-32H,3-29,35H2,1-2H3. The van der Waals surface area contributed by atoms with E-state index in [-0.39, 0.29) is 30.2 Å². The summed E-state index contributed by atoms with van der Waals surface area (Å²) in [4.78, 5) is 24.7. The number of carbonyl (C=O) groups is 2. The molecule has 1 rings (SSSR count). The molecule has 1 saturated carbocycles. The Hall–Kier alpha value is -1.10. The summed E-state index contributed by atoms with van der Waals surface area (Å²) in [7, 11) is 0. The van der Waals surface area contributed by atoms with Crippen LogP contribution in [0.25, 0.3) is 0 Å². The smallest absolute Gasteiger partial charge is 0.306 e. The molecule has 0 saturated heterocycles. The molecule has 0 aromatic carbocycles. The summed E-state index contributed by atoms with van der Waals surface area (Å²) < 4.78 is 11.5. The molecule has 1 aliphatic rings. The summed E-state index contributed by atoms with van der Waals surface area (Å²) in [6.45, 7) is 4.52. The quantitative estimate of drug-likeness (QED) is 0.0855. The lowest BCUT2D eigenvalue weighted by molar-refractivity contribution is -0.159. The summed E-state index contributed by atoms with van der Waals surface area (Å²) in [5.41, 5.74) is 6.21. The van der Waals surface area contributed by atoms with E-state index in [0.717, 1.165) is 25.7 Å². The lowest BCUT2D eigenvalue weighted by atomic mass is 9.91. The van der Waals surface area contributed by atoms with E-state index in [1.165, 1.54) is 116 Å². The van der Waals surface area contributed by atoms with Crippen LogP contribution in [0.15, 0.2) is 0 Å². The van der Waals surface area contributed by atoms with E-state index in [0.29, 0.717) is 32.1 Å². The van der Waals surface area contributed by atoms with Gasteiger partial charge >= 0.3 is 11.9 Å². The molecule has 2 unspecified atom stereocenters. The second-order valence-corrected chi connectivity index (χ2v) is 12.3. The first-order valence-corrected chi connectivity index (χ1v) is 17.2. The first-order valence-electron chi connectivity index (χ1n) is 17.2. The van der Waals surface area contributed by atoms with Gasteiger partial charge in [-0.15, -0.1) is 0 Å². The van der Waals surface area contributed by atoms with Crippen molar-refractivity contribution in [1.29, 1.82) is 0 Å². The normalized spacial score (nSPS) is 19.2. The molecule has 0 amide bonds. The van der Waals surface area contributed by atoms with Crippen molar-refractivity contribution in [3.63, 3.8) is 0 Å². The zero-order valence-corrected chi connectivity index (χ0v) is 26.0. The molecule has 0 heterocycles. The van der Waals surface area contributed by atoms with Gasteiger partial charge in [0.25, 0.3) is 0 Å². The molecule has 2 atom stereocenters. The minimum absolute atomic E-state index is 0.0849. The second-order valence-electron chi connectivity index (χ2n) is 12.3. The Morgan fingerprint density at radius 1 is 0.487 bits per heavy atom. The molecular formula is C34H65NO4. The number of rotatable bonds is 26. The van der Waals surface area contributed by atoms with Crippen molar-refractivity contribution in [2.75, 3.05) is 0 Å². The maximum absolute atomic E-state index is 12.4. The zero-order valence-electron chi connectivity index (χ0n) is 26.0. The molecule has 230 valence electrons. The number of ether oxygens (including phenoxy) is 2. The molecule has 0 bridgehead atoms. The highest BCUT2D eigenvalue weighted by molar-refractivity contribution is 5.70. The van der Waals surface area contributed by atoms with Crippen LogP contribution in [0.3, 0.4) is 0 Å². The fraction of sp³-hybridized carbons (Fsp3) is 0.941. The van der Waals surface area contributed by atoms with Gasteiger partial charge in [-0.25, -0.2) is 0 Å². The van der Waals surface area contributed by atoms with Crippen LogP contribution in [0.5, 0.6) is 0 Å². The lowest BCUT2D eigenvalue weighted by Crippen LogP contribution is -2.41. The van der Waals surface area contributed by atoms with Gasteiger partial charge in [0.05, 0.1) is 0 Å². The van der Waals surface area contributed by atoms with Gasteiger partial charge in [0.1, 0.15) is 12.2 Å². The van der Waals surface area contributed by atoms with Crippen molar-refractivity contribution in [2.24, 2.45) is 5.73 Å². The van der Waals surface area contributed by atoms with E-state index in [9.17, 15) is 9.59 Å². The van der Waals surface area contributed by atoms with Crippen LogP contribution in [0, 0.1) is 0 Å². The van der Waals surface area contributed by atoms with Crippen molar-refractivity contribution in [2.45, 2.75) is 205 Å². The monoisotopic (exact) mass is 551 g/mol. The molecule has 0 aromatic heterocycles. The van der Waals surface area contributed by atoms with E-state index in [4.69, 9.17) is 15.2 Å². The predicted octanol–water partition coefficient (Wildman–Crippen LogP) is 9.72. The third-order valence-electron chi connectivity index (χ3n) is 8.22. The Kier molecular flexibility index (Phi) is 23.8. The van der Waals surface area contributed by atoms with Gasteiger partial charge in [0, 0.05) is 25.3 Å². The van der Waals surface area contributed by atoms with Gasteiger partial charge in [0.2, 0.25) is 0 Å². The molecule has 0 aromatic rings. The first kappa shape index (κ1) is 35.9. The molecular weight excluding hydrogens is 486 g/mol. The van der Waals surface area contributed by atoms with Crippen molar-refractivity contribution in [3.05, 3.63) is 0 Å². The van der Waals surface area contributed by atoms with Crippen LogP contribution in [-0.4, -0.2) is 30.2 Å². The van der Waals surface area contributed by atoms with Crippen LogP contribution < -0.4 is 5.73 Å². The minimum atomic E-state index is -0.228. The van der Waals surface area contributed by atoms with Gasteiger partial charge in [-0.05, 0) is 25.7 Å². The number of hydrogen-bond donors (Lipinski definition) is 1. The summed E-state index contributed by atoms with van der Waals surface area (Å²) in [6, 6.07) is -0.0849. The highest BCUT2D eigenvalue weighted by Crippen LogP contribution is 2.25. The Labute approximate surface area is 242 Å². The number of esters is 2. The van der Waals surface area contributed by atoms with Gasteiger partial charge in [-0.1, -0.05) is 142 Å². The molecule has 5 nitrogen and oxygen atoms in total. The third-order valence-corrected chi connectivity index (χ3v) is 8.22. The van der Waals surface area contributed by atoms with E-state index < -0.39 is 0 Å². The molecule has 1 aliphatic carbocycles. The van der Waals surface area contributed by atoms with Crippen LogP contribution in [0.4, 0.5) is 0 Å². The Balaban J connectivity index is 2.04. The topological polar surface area (TPSA) is 78.6 Å². The van der Waals surface area contributed by atoms with E-state index >= 15 is 0 Å². The highest BCUT2D eigenvalue weighted by atomic mass is 16.6. The summed E-state index contributed by atoms with van der Waals surface area (Å²) in [5.74, 6) is -0.257. The lowest BCUT2D eigenvalue weighted by Gasteiger charge is -2.32. The molecule has 39 heavy (non-hydrogen) atoms. The average molecular weight is 552 g/mol. The van der Waals surface area contributed by atoms with Crippen LogP contribution in [0.2, 0.25) is 0 Å². The molecule has 0 spiro atoms. The van der Waals surface area contributed by atoms with E-state index in [2.05, 4.69) is 13.8 Å². The molecule has 2 N–H and O–H groups in total. The van der Waals surface area contributed by atoms with Crippen LogP contribution >= 0.6 is 0 Å². The van der Waals surface area contributed by atoms with E-state index in [1.54, 1.807) is 0 Å². The molecule has 1 fully saturated rings. The van der Waals surface area contributed by atoms with Crippen molar-refractivity contribution in [1.82, 2.24) is 0 Å². The number of hydrogen-bond acceptors (Lipinski definition) is 5. The van der Waals surface area contributed by atoms with Crippen LogP contribution in [0.1, 0.15) is 187 Å². The van der Waals surface area contributed by atoms with Crippen molar-refractivity contribution >= 4 is 11.9 Å². The third kappa shape index (κ3) is 22.3. The maximum Gasteiger partial charge on any atom is 0.306 e. The average Bonchev–Trinajstić information content (AvgIpc) is 2.90. The van der Waals surface area contributed by atoms with E-state index in [1.807, 2.05) is 0 Å². The second kappa shape index (κ2) is 25.8. The maximum atomic E-state index is 12.4. The number of nitrogens with two attached hydrogens (primary N) is 1. The largest absolute Gasteiger partial charge is 0.462 e. The fourth-order valence-electron chi connectivity index (χ4n) is 5.81. The summed E-state index contributed by atoms with van der Waals surface area (Å²) in [5, 5.41) is 0. The van der Waals surface area contributed by atoms with Crippen molar-refractivity contribution < 1.29 is 19.1 Å². The minimum Gasteiger partial charge on any atom is -0.462 e. The van der Waals surface area contributed by atoms with Gasteiger partial charge in [-0.3, -0.25) is 9.59 Å². The van der Waals surface area contributed by atoms with Gasteiger partial charge in [0.15, 0.2) is 0 Å². The SMILES string of the molecule is CCCCCCCCCCCCCC(=O)OC1CC(N)CC(OC(=O)CCCCCCCCCCCCC)C1. The first-order chi connectivity index (χ1) is 19.0. The highest BCUT2D eigenvalue weighted by Gasteiger charge is 2.31. The Bertz CT molecular complexity index is 534. The predicted molar refractivity (Wildman–Crippen MR) is 164 cm³/mol.